The number of nitrogens with zero attached hydrogens (tertiary/aromatic N) is 5. The molecule has 1 aliphatic rings. The van der Waals surface area contributed by atoms with Gasteiger partial charge in [-0.25, -0.2) is 9.97 Å². The van der Waals surface area contributed by atoms with E-state index in [-0.39, 0.29) is 11.9 Å². The molecule has 3 aromatic rings. The van der Waals surface area contributed by atoms with Crippen LogP contribution in [0.1, 0.15) is 35.8 Å². The highest BCUT2D eigenvalue weighted by Crippen LogP contribution is 2.33. The number of thiazole rings is 1. The second kappa shape index (κ2) is 7.31. The largest absolute Gasteiger partial charge is 0.348 e. The van der Waals surface area contributed by atoms with E-state index in [1.807, 2.05) is 19.0 Å². The van der Waals surface area contributed by atoms with Crippen molar-refractivity contribution in [2.45, 2.75) is 32.2 Å². The highest BCUT2D eigenvalue weighted by Gasteiger charge is 2.28. The van der Waals surface area contributed by atoms with E-state index in [1.54, 1.807) is 28.4 Å². The summed E-state index contributed by atoms with van der Waals surface area (Å²) in [7, 11) is 3.76. The molecule has 0 unspecified atom stereocenters. The number of amides is 1. The molecule has 1 fully saturated rings. The first-order valence-electron chi connectivity index (χ1n) is 9.45. The van der Waals surface area contributed by atoms with Gasteiger partial charge in [0.05, 0.1) is 22.7 Å². The fourth-order valence-corrected chi connectivity index (χ4v) is 4.83. The van der Waals surface area contributed by atoms with Crippen molar-refractivity contribution >= 4 is 32.6 Å². The number of fused-ring (bicyclic) bond motifs is 1. The lowest BCUT2D eigenvalue weighted by Crippen LogP contribution is -2.46. The molecule has 0 N–H and O–H groups in total. The van der Waals surface area contributed by atoms with E-state index in [1.165, 1.54) is 10.3 Å². The Kier molecular flexibility index (Phi) is 4.86. The van der Waals surface area contributed by atoms with Crippen molar-refractivity contribution in [3.8, 4) is 0 Å². The Hall–Kier alpha value is -2.41. The molecule has 6 nitrogen and oxygen atoms in total. The van der Waals surface area contributed by atoms with E-state index in [9.17, 15) is 4.79 Å². The van der Waals surface area contributed by atoms with Crippen molar-refractivity contribution in [2.75, 3.05) is 25.0 Å². The molecule has 142 valence electrons. The average molecular weight is 384 g/mol. The number of rotatable bonds is 4. The maximum atomic E-state index is 12.7. The van der Waals surface area contributed by atoms with Crippen molar-refractivity contribution in [3.05, 3.63) is 42.0 Å². The van der Waals surface area contributed by atoms with Gasteiger partial charge >= 0.3 is 0 Å². The van der Waals surface area contributed by atoms with Crippen molar-refractivity contribution in [1.29, 1.82) is 0 Å². The maximum absolute atomic E-state index is 12.7. The van der Waals surface area contributed by atoms with Gasteiger partial charge < -0.3 is 14.4 Å². The Balaban J connectivity index is 1.44. The first-order valence-corrected chi connectivity index (χ1v) is 10.3. The molecular weight excluding hydrogens is 358 g/mol. The first-order chi connectivity index (χ1) is 13.1. The Bertz CT molecular complexity index is 954. The topological polar surface area (TPSA) is 54.3 Å². The fourth-order valence-electron chi connectivity index (χ4n) is 3.77. The van der Waals surface area contributed by atoms with E-state index >= 15 is 0 Å². The zero-order valence-corrected chi connectivity index (χ0v) is 16.9. The number of hydrogen-bond acceptors (Lipinski definition) is 5. The summed E-state index contributed by atoms with van der Waals surface area (Å²) >= 11 is 1.77. The molecule has 27 heavy (non-hydrogen) atoms. The van der Waals surface area contributed by atoms with Crippen LogP contribution in [0.5, 0.6) is 0 Å². The van der Waals surface area contributed by atoms with Gasteiger partial charge in [-0.3, -0.25) is 4.79 Å². The van der Waals surface area contributed by atoms with Crippen LogP contribution in [0, 0.1) is 0 Å². The Morgan fingerprint density at radius 3 is 2.78 bits per heavy atom. The molecule has 0 atom stereocenters. The second-order valence-corrected chi connectivity index (χ2v) is 8.15. The van der Waals surface area contributed by atoms with Crippen LogP contribution < -0.4 is 4.90 Å². The monoisotopic (exact) mass is 383 g/mol. The molecule has 0 spiro atoms. The van der Waals surface area contributed by atoms with Crippen LogP contribution in [0.2, 0.25) is 0 Å². The molecule has 1 aromatic carbocycles. The van der Waals surface area contributed by atoms with E-state index < -0.39 is 0 Å². The van der Waals surface area contributed by atoms with Gasteiger partial charge in [0, 0.05) is 33.2 Å². The number of carbonyl (C=O) groups is 1. The Labute approximate surface area is 163 Å². The van der Waals surface area contributed by atoms with Crippen LogP contribution in [-0.4, -0.2) is 51.5 Å². The SMILES string of the molecule is CCc1cccc2sc(N3CCC(N(C)C(=O)c4cncn4C)CC3)nc12. The molecule has 0 aliphatic carbocycles. The fraction of sp³-hybridized carbons (Fsp3) is 0.450. The third-order valence-electron chi connectivity index (χ3n) is 5.51. The first kappa shape index (κ1) is 18.0. The summed E-state index contributed by atoms with van der Waals surface area (Å²) in [5.74, 6) is 0.0426. The molecule has 1 amide bonds. The molecule has 0 bridgehead atoms. The number of piperidine rings is 1. The van der Waals surface area contributed by atoms with Gasteiger partial charge in [-0.1, -0.05) is 30.4 Å². The van der Waals surface area contributed by atoms with Gasteiger partial charge in [0.1, 0.15) is 5.69 Å². The number of aromatic nitrogens is 3. The van der Waals surface area contributed by atoms with Crippen molar-refractivity contribution in [3.63, 3.8) is 0 Å². The van der Waals surface area contributed by atoms with Crippen LogP contribution in [-0.2, 0) is 13.5 Å². The number of carbonyl (C=O) groups excluding carboxylic acids is 1. The molecule has 1 saturated heterocycles. The molecule has 7 heteroatoms. The van der Waals surface area contributed by atoms with Gasteiger partial charge in [-0.2, -0.15) is 0 Å². The Morgan fingerprint density at radius 2 is 2.11 bits per heavy atom. The zero-order chi connectivity index (χ0) is 19.0. The van der Waals surface area contributed by atoms with Crippen molar-refractivity contribution in [2.24, 2.45) is 7.05 Å². The van der Waals surface area contributed by atoms with Gasteiger partial charge in [-0.15, -0.1) is 0 Å². The van der Waals surface area contributed by atoms with E-state index in [2.05, 4.69) is 35.0 Å². The minimum atomic E-state index is 0.0426. The zero-order valence-electron chi connectivity index (χ0n) is 16.1. The average Bonchev–Trinajstić information content (AvgIpc) is 3.32. The number of para-hydroxylation sites is 1. The normalized spacial score (nSPS) is 15.4. The van der Waals surface area contributed by atoms with Crippen LogP contribution in [0.3, 0.4) is 0 Å². The summed E-state index contributed by atoms with van der Waals surface area (Å²) in [6.07, 6.45) is 6.22. The summed E-state index contributed by atoms with van der Waals surface area (Å²) in [5.41, 5.74) is 3.09. The molecule has 0 radical (unpaired) electrons. The second-order valence-electron chi connectivity index (χ2n) is 7.14. The number of hydrogen-bond donors (Lipinski definition) is 0. The number of anilines is 1. The molecule has 4 rings (SSSR count). The number of benzene rings is 1. The lowest BCUT2D eigenvalue weighted by atomic mass is 10.0. The summed E-state index contributed by atoms with van der Waals surface area (Å²) in [6, 6.07) is 6.69. The van der Waals surface area contributed by atoms with Crippen molar-refractivity contribution < 1.29 is 4.79 Å². The number of aryl methyl sites for hydroxylation is 2. The van der Waals surface area contributed by atoms with E-state index in [0.717, 1.165) is 43.0 Å². The molecule has 1 aliphatic heterocycles. The summed E-state index contributed by atoms with van der Waals surface area (Å²) in [5, 5.41) is 1.10. The Morgan fingerprint density at radius 1 is 1.33 bits per heavy atom. The predicted octanol–water partition coefficient (Wildman–Crippen LogP) is 3.33. The quantitative estimate of drug-likeness (QED) is 0.693. The summed E-state index contributed by atoms with van der Waals surface area (Å²) < 4.78 is 3.04. The number of imidazole rings is 1. The third kappa shape index (κ3) is 3.32. The van der Waals surface area contributed by atoms with Crippen LogP contribution >= 0.6 is 11.3 Å². The molecule has 0 saturated carbocycles. The highest BCUT2D eigenvalue weighted by atomic mass is 32.1. The maximum Gasteiger partial charge on any atom is 0.272 e. The van der Waals surface area contributed by atoms with Gasteiger partial charge in [0.25, 0.3) is 5.91 Å². The lowest BCUT2D eigenvalue weighted by molar-refractivity contribution is 0.0699. The van der Waals surface area contributed by atoms with Gasteiger partial charge in [-0.05, 0) is 30.9 Å². The van der Waals surface area contributed by atoms with E-state index in [0.29, 0.717) is 5.69 Å². The van der Waals surface area contributed by atoms with E-state index in [4.69, 9.17) is 4.98 Å². The summed E-state index contributed by atoms with van der Waals surface area (Å²) in [4.78, 5) is 25.9. The van der Waals surface area contributed by atoms with Crippen LogP contribution in [0.25, 0.3) is 10.2 Å². The van der Waals surface area contributed by atoms with Gasteiger partial charge in [0.2, 0.25) is 0 Å². The smallest absolute Gasteiger partial charge is 0.272 e. The standard InChI is InChI=1S/C20H25N5OS/c1-4-14-6-5-7-17-18(14)22-20(27-17)25-10-8-15(9-11-25)24(3)19(26)16-12-21-13-23(16)2/h5-7,12-13,15H,4,8-11H2,1-3H3. The molecular formula is C20H25N5OS. The molecule has 2 aromatic heterocycles. The predicted molar refractivity (Wildman–Crippen MR) is 110 cm³/mol. The van der Waals surface area contributed by atoms with Crippen LogP contribution in [0.15, 0.2) is 30.7 Å². The van der Waals surface area contributed by atoms with Gasteiger partial charge in [0.15, 0.2) is 5.13 Å². The minimum Gasteiger partial charge on any atom is -0.348 e. The highest BCUT2D eigenvalue weighted by molar-refractivity contribution is 7.22. The molecule has 3 heterocycles. The minimum absolute atomic E-state index is 0.0426. The summed E-state index contributed by atoms with van der Waals surface area (Å²) in [6.45, 7) is 4.03. The van der Waals surface area contributed by atoms with Crippen molar-refractivity contribution in [1.82, 2.24) is 19.4 Å². The van der Waals surface area contributed by atoms with Crippen LogP contribution in [0.4, 0.5) is 5.13 Å². The lowest BCUT2D eigenvalue weighted by Gasteiger charge is -2.36. The third-order valence-corrected chi connectivity index (χ3v) is 6.59.